The van der Waals surface area contributed by atoms with E-state index < -0.39 is 12.6 Å². The lowest BCUT2D eigenvalue weighted by molar-refractivity contribution is 0.183. The number of nitrogens with zero attached hydrogens (tertiary/aromatic N) is 2. The summed E-state index contributed by atoms with van der Waals surface area (Å²) in [4.78, 5) is 7.34. The molecule has 0 aliphatic carbocycles. The molecule has 1 unspecified atom stereocenters. The number of hydrogen-bond acceptors (Lipinski definition) is 3. The van der Waals surface area contributed by atoms with E-state index in [2.05, 4.69) is 0 Å². The first-order valence-electron chi connectivity index (χ1n) is 8.24. The van der Waals surface area contributed by atoms with Crippen molar-refractivity contribution >= 4 is 22.7 Å². The zero-order valence-corrected chi connectivity index (χ0v) is 14.6. The Morgan fingerprint density at radius 3 is 2.19 bits per heavy atom. The van der Waals surface area contributed by atoms with E-state index in [1.807, 2.05) is 78.2 Å². The van der Waals surface area contributed by atoms with Crippen molar-refractivity contribution in [3.8, 4) is 0 Å². The summed E-state index contributed by atoms with van der Waals surface area (Å²) in [5.41, 5.74) is 2.12. The van der Waals surface area contributed by atoms with Crippen LogP contribution in [-0.2, 0) is 0 Å². The molecule has 4 rings (SSSR count). The third kappa shape index (κ3) is 3.18. The van der Waals surface area contributed by atoms with Crippen LogP contribution in [0.2, 0.25) is 0 Å². The third-order valence-corrected chi connectivity index (χ3v) is 5.09. The molecule has 3 aromatic rings. The molecule has 0 bridgehead atoms. The van der Waals surface area contributed by atoms with Crippen molar-refractivity contribution in [3.63, 3.8) is 0 Å². The summed E-state index contributed by atoms with van der Waals surface area (Å²) in [5, 5.41) is 1.93. The highest BCUT2D eigenvalue weighted by Gasteiger charge is 2.32. The first-order valence-corrected chi connectivity index (χ1v) is 9.12. The summed E-state index contributed by atoms with van der Waals surface area (Å²) in [6, 6.07) is 22.6. The quantitative estimate of drug-likeness (QED) is 0.561. The van der Waals surface area contributed by atoms with Gasteiger partial charge in [-0.2, -0.15) is 0 Å². The Kier molecular flexibility index (Phi) is 4.63. The number of anilines is 1. The van der Waals surface area contributed by atoms with Crippen molar-refractivity contribution < 1.29 is 8.78 Å². The fraction of sp³-hybridized carbons (Fsp3) is 0.0952. The standard InChI is InChI=1S/C21H16F2N2S/c22-20(23)18-14-17(19-12-7-13-26-19)24-21(15-8-3-1-4-9-15)25(18)16-10-5-2-6-11-16/h1-14,20-21H. The van der Waals surface area contributed by atoms with Crippen LogP contribution in [0.1, 0.15) is 16.6 Å². The highest BCUT2D eigenvalue weighted by atomic mass is 32.1. The van der Waals surface area contributed by atoms with Crippen LogP contribution in [-0.4, -0.2) is 12.1 Å². The van der Waals surface area contributed by atoms with Gasteiger partial charge >= 0.3 is 0 Å². The number of alkyl halides is 2. The van der Waals surface area contributed by atoms with Gasteiger partial charge in [0.15, 0.2) is 6.17 Å². The van der Waals surface area contributed by atoms with Gasteiger partial charge in [0.1, 0.15) is 0 Å². The SMILES string of the molecule is FC(F)C1=CC(c2cccs2)=NC(c2ccccc2)N1c1ccccc1. The highest BCUT2D eigenvalue weighted by molar-refractivity contribution is 7.12. The molecule has 1 aromatic heterocycles. The van der Waals surface area contributed by atoms with Gasteiger partial charge < -0.3 is 4.90 Å². The smallest absolute Gasteiger partial charge is 0.278 e. The van der Waals surface area contributed by atoms with Gasteiger partial charge in [0, 0.05) is 5.69 Å². The van der Waals surface area contributed by atoms with Crippen LogP contribution < -0.4 is 4.90 Å². The predicted octanol–water partition coefficient (Wildman–Crippen LogP) is 5.91. The molecule has 1 aliphatic rings. The maximum absolute atomic E-state index is 14.0. The molecule has 130 valence electrons. The Balaban J connectivity index is 1.89. The summed E-state index contributed by atoms with van der Waals surface area (Å²) in [5.74, 6) is 0. The molecule has 0 spiro atoms. The average molecular weight is 366 g/mol. The minimum atomic E-state index is -2.60. The number of benzene rings is 2. The number of para-hydroxylation sites is 1. The molecule has 2 aromatic carbocycles. The molecule has 1 aliphatic heterocycles. The van der Waals surface area contributed by atoms with Gasteiger partial charge in [0.25, 0.3) is 6.43 Å². The normalized spacial score (nSPS) is 17.2. The van der Waals surface area contributed by atoms with E-state index in [1.165, 1.54) is 17.4 Å². The van der Waals surface area contributed by atoms with E-state index in [0.29, 0.717) is 11.4 Å². The Morgan fingerprint density at radius 1 is 0.885 bits per heavy atom. The molecule has 0 saturated carbocycles. The highest BCUT2D eigenvalue weighted by Crippen LogP contribution is 2.38. The van der Waals surface area contributed by atoms with E-state index in [4.69, 9.17) is 4.99 Å². The fourth-order valence-corrected chi connectivity index (χ4v) is 3.73. The van der Waals surface area contributed by atoms with Gasteiger partial charge in [-0.15, -0.1) is 11.3 Å². The van der Waals surface area contributed by atoms with E-state index in [9.17, 15) is 8.78 Å². The fourth-order valence-electron chi connectivity index (χ4n) is 3.03. The average Bonchev–Trinajstić information content (AvgIpc) is 3.23. The van der Waals surface area contributed by atoms with Crippen LogP contribution in [0.25, 0.3) is 0 Å². The Hall–Kier alpha value is -2.79. The minimum absolute atomic E-state index is 0.0385. The first-order chi connectivity index (χ1) is 12.7. The third-order valence-electron chi connectivity index (χ3n) is 4.20. The second kappa shape index (κ2) is 7.22. The van der Waals surface area contributed by atoms with Crippen molar-refractivity contribution in [2.75, 3.05) is 4.90 Å². The molecular weight excluding hydrogens is 350 g/mol. The number of hydrogen-bond donors (Lipinski definition) is 0. The van der Waals surface area contributed by atoms with Crippen molar-refractivity contribution in [2.24, 2.45) is 4.99 Å². The van der Waals surface area contributed by atoms with Gasteiger partial charge in [-0.3, -0.25) is 4.99 Å². The van der Waals surface area contributed by atoms with Gasteiger partial charge in [-0.25, -0.2) is 8.78 Å². The number of aliphatic imine (C=N–C) groups is 1. The second-order valence-corrected chi connectivity index (χ2v) is 6.80. The minimum Gasteiger partial charge on any atom is -0.313 e. The molecule has 5 heteroatoms. The molecule has 0 fully saturated rings. The first kappa shape index (κ1) is 16.7. The molecule has 0 N–H and O–H groups in total. The zero-order chi connectivity index (χ0) is 17.9. The number of thiophene rings is 1. The molecule has 0 saturated heterocycles. The molecule has 2 nitrogen and oxygen atoms in total. The largest absolute Gasteiger partial charge is 0.313 e. The van der Waals surface area contributed by atoms with E-state index in [-0.39, 0.29) is 5.70 Å². The van der Waals surface area contributed by atoms with Crippen LogP contribution in [0, 0.1) is 0 Å². The summed E-state index contributed by atoms with van der Waals surface area (Å²) >= 11 is 1.50. The summed E-state index contributed by atoms with van der Waals surface area (Å²) in [6.45, 7) is 0. The van der Waals surface area contributed by atoms with Crippen molar-refractivity contribution in [1.82, 2.24) is 0 Å². The number of rotatable bonds is 4. The van der Waals surface area contributed by atoms with Crippen molar-refractivity contribution in [3.05, 3.63) is 100 Å². The number of halogens is 2. The lowest BCUT2D eigenvalue weighted by atomic mass is 10.1. The van der Waals surface area contributed by atoms with E-state index >= 15 is 0 Å². The molecule has 2 heterocycles. The summed E-state index contributed by atoms with van der Waals surface area (Å²) in [6.07, 6.45) is -1.64. The van der Waals surface area contributed by atoms with Crippen molar-refractivity contribution in [1.29, 1.82) is 0 Å². The van der Waals surface area contributed by atoms with Gasteiger partial charge in [-0.05, 0) is 35.2 Å². The van der Waals surface area contributed by atoms with Gasteiger partial charge in [0.2, 0.25) is 0 Å². The molecule has 0 amide bonds. The molecule has 1 atom stereocenters. The van der Waals surface area contributed by atoms with Crippen LogP contribution in [0.15, 0.2) is 94.9 Å². The van der Waals surface area contributed by atoms with Crippen LogP contribution >= 0.6 is 11.3 Å². The lowest BCUT2D eigenvalue weighted by Gasteiger charge is -2.36. The molecule has 26 heavy (non-hydrogen) atoms. The van der Waals surface area contributed by atoms with Crippen LogP contribution in [0.5, 0.6) is 0 Å². The monoisotopic (exact) mass is 366 g/mol. The Bertz CT molecular complexity index is 919. The van der Waals surface area contributed by atoms with Crippen LogP contribution in [0.3, 0.4) is 0 Å². The van der Waals surface area contributed by atoms with Gasteiger partial charge in [0.05, 0.1) is 16.3 Å². The topological polar surface area (TPSA) is 15.6 Å². The Morgan fingerprint density at radius 2 is 1.58 bits per heavy atom. The number of allylic oxidation sites excluding steroid dienone is 2. The summed E-state index contributed by atoms with van der Waals surface area (Å²) in [7, 11) is 0. The Labute approximate surface area is 154 Å². The molecule has 0 radical (unpaired) electrons. The lowest BCUT2D eigenvalue weighted by Crippen LogP contribution is -2.34. The molecular formula is C21H16F2N2S. The van der Waals surface area contributed by atoms with E-state index in [0.717, 1.165) is 10.4 Å². The van der Waals surface area contributed by atoms with Crippen molar-refractivity contribution in [2.45, 2.75) is 12.6 Å². The van der Waals surface area contributed by atoms with E-state index in [1.54, 1.807) is 4.90 Å². The zero-order valence-electron chi connectivity index (χ0n) is 13.8. The van der Waals surface area contributed by atoms with Crippen LogP contribution in [0.4, 0.5) is 14.5 Å². The predicted molar refractivity (Wildman–Crippen MR) is 103 cm³/mol. The second-order valence-electron chi connectivity index (χ2n) is 5.85. The summed E-state index contributed by atoms with van der Waals surface area (Å²) < 4.78 is 28.0. The van der Waals surface area contributed by atoms with Gasteiger partial charge in [-0.1, -0.05) is 54.6 Å². The maximum Gasteiger partial charge on any atom is 0.278 e. The maximum atomic E-state index is 14.0.